The van der Waals surface area contributed by atoms with Crippen LogP contribution in [0, 0.1) is 19.8 Å². The molecule has 3 aromatic rings. The Labute approximate surface area is 251 Å². The van der Waals surface area contributed by atoms with E-state index in [1.807, 2.05) is 57.5 Å². The van der Waals surface area contributed by atoms with Gasteiger partial charge in [0.25, 0.3) is 11.8 Å². The van der Waals surface area contributed by atoms with E-state index in [9.17, 15) is 19.2 Å². The lowest BCUT2D eigenvalue weighted by atomic mass is 10.0. The molecule has 43 heavy (non-hydrogen) atoms. The van der Waals surface area contributed by atoms with Crippen molar-refractivity contribution >= 4 is 34.6 Å². The molecule has 1 aromatic heterocycles. The third-order valence-corrected chi connectivity index (χ3v) is 7.99. The van der Waals surface area contributed by atoms with E-state index in [0.29, 0.717) is 11.4 Å². The van der Waals surface area contributed by atoms with E-state index < -0.39 is 36.0 Å². The Morgan fingerprint density at radius 1 is 1.07 bits per heavy atom. The Hall–Kier alpha value is -4.54. The van der Waals surface area contributed by atoms with Crippen molar-refractivity contribution in [2.45, 2.75) is 52.8 Å². The Morgan fingerprint density at radius 2 is 1.79 bits per heavy atom. The molecule has 11 nitrogen and oxygen atoms in total. The fourth-order valence-electron chi connectivity index (χ4n) is 5.55. The molecule has 0 spiro atoms. The lowest BCUT2D eigenvalue weighted by Crippen LogP contribution is -2.54. The molecule has 1 aliphatic heterocycles. The molecule has 2 aromatic carbocycles. The summed E-state index contributed by atoms with van der Waals surface area (Å²) in [5.74, 6) is -1.62. The van der Waals surface area contributed by atoms with Crippen molar-refractivity contribution in [2.24, 2.45) is 13.0 Å². The number of nitrogens with one attached hydrogen (secondary N) is 2. The van der Waals surface area contributed by atoms with Gasteiger partial charge in [0.05, 0.1) is 32.3 Å². The number of para-hydroxylation sites is 1. The number of carbonyl (C=O) groups is 4. The van der Waals surface area contributed by atoms with E-state index in [1.165, 1.54) is 25.2 Å². The molecular formula is C32H40N4O7. The number of aryl methyl sites for hydroxylation is 3. The number of nitrogens with zero attached hydrogens (tertiary/aromatic N) is 2. The summed E-state index contributed by atoms with van der Waals surface area (Å²) in [5, 5.41) is 6.78. The molecule has 0 saturated carbocycles. The zero-order chi connectivity index (χ0) is 31.6. The molecule has 3 amide bonds. The number of rotatable bonds is 4. The van der Waals surface area contributed by atoms with Crippen molar-refractivity contribution < 1.29 is 33.4 Å². The molecule has 0 unspecified atom stereocenters. The number of hydrogen-bond donors (Lipinski definition) is 2. The fourth-order valence-corrected chi connectivity index (χ4v) is 5.55. The van der Waals surface area contributed by atoms with Gasteiger partial charge in [0.15, 0.2) is 11.5 Å². The van der Waals surface area contributed by atoms with Gasteiger partial charge in [-0.3, -0.25) is 14.4 Å². The van der Waals surface area contributed by atoms with Crippen molar-refractivity contribution in [2.75, 3.05) is 27.3 Å². The van der Waals surface area contributed by atoms with Crippen LogP contribution in [0.1, 0.15) is 52.7 Å². The lowest BCUT2D eigenvalue weighted by Gasteiger charge is -2.32. The minimum atomic E-state index is -1.26. The summed E-state index contributed by atoms with van der Waals surface area (Å²) in [5.41, 5.74) is 3.49. The molecule has 0 fully saturated rings. The highest BCUT2D eigenvalue weighted by molar-refractivity contribution is 6.03. The molecule has 2 bridgehead atoms. The molecule has 0 radical (unpaired) electrons. The van der Waals surface area contributed by atoms with E-state index in [4.69, 9.17) is 14.2 Å². The van der Waals surface area contributed by atoms with E-state index in [-0.39, 0.29) is 36.2 Å². The molecule has 0 saturated heterocycles. The normalized spacial score (nSPS) is 19.7. The molecule has 1 aliphatic rings. The zero-order valence-electron chi connectivity index (χ0n) is 25.9. The average molecular weight is 593 g/mol. The second kappa shape index (κ2) is 12.8. The molecule has 4 rings (SSSR count). The van der Waals surface area contributed by atoms with Crippen molar-refractivity contribution in [1.82, 2.24) is 20.1 Å². The van der Waals surface area contributed by atoms with Crippen molar-refractivity contribution in [3.05, 3.63) is 58.8 Å². The Bertz CT molecular complexity index is 1560. The number of amides is 3. The maximum absolute atomic E-state index is 14.3. The summed E-state index contributed by atoms with van der Waals surface area (Å²) < 4.78 is 18.2. The number of esters is 1. The van der Waals surface area contributed by atoms with Crippen LogP contribution in [-0.4, -0.2) is 78.7 Å². The van der Waals surface area contributed by atoms with Gasteiger partial charge in [-0.2, -0.15) is 0 Å². The van der Waals surface area contributed by atoms with E-state index in [2.05, 4.69) is 10.6 Å². The van der Waals surface area contributed by atoms with Crippen molar-refractivity contribution in [1.29, 1.82) is 0 Å². The van der Waals surface area contributed by atoms with Crippen LogP contribution in [0.2, 0.25) is 0 Å². The first kappa shape index (κ1) is 31.4. The third kappa shape index (κ3) is 6.30. The maximum atomic E-state index is 14.3. The van der Waals surface area contributed by atoms with Gasteiger partial charge in [-0.25, -0.2) is 4.79 Å². The minimum Gasteiger partial charge on any atom is -0.493 e. The quantitative estimate of drug-likeness (QED) is 0.446. The third-order valence-electron chi connectivity index (χ3n) is 7.99. The molecule has 0 aliphatic carbocycles. The number of methoxy groups -OCH3 is 2. The number of ether oxygens (including phenoxy) is 3. The second-order valence-electron chi connectivity index (χ2n) is 11.3. The summed E-state index contributed by atoms with van der Waals surface area (Å²) in [6.07, 6.45) is -1.26. The second-order valence-corrected chi connectivity index (χ2v) is 11.3. The molecular weight excluding hydrogens is 552 g/mol. The SMILES string of the molecule is COC(=O)[C@@H]1Oc2cc(ccc2OC)C(=O)N[C@@H](C(C)C)CN(C(=O)c2c(C)c3cccc(C)c3n2C)CC(=O)N[C@H]1C. The smallest absolute Gasteiger partial charge is 0.349 e. The number of carbonyl (C=O) groups excluding carboxylic acids is 4. The van der Waals surface area contributed by atoms with Gasteiger partial charge >= 0.3 is 5.97 Å². The van der Waals surface area contributed by atoms with E-state index in [1.54, 1.807) is 19.1 Å². The molecule has 230 valence electrons. The first-order chi connectivity index (χ1) is 20.4. The van der Waals surface area contributed by atoms with Crippen molar-refractivity contribution in [3.63, 3.8) is 0 Å². The average Bonchev–Trinajstić information content (AvgIpc) is 3.23. The first-order valence-corrected chi connectivity index (χ1v) is 14.2. The number of aromatic nitrogens is 1. The van der Waals surface area contributed by atoms with Crippen LogP contribution in [0.5, 0.6) is 11.5 Å². The van der Waals surface area contributed by atoms with E-state index >= 15 is 0 Å². The van der Waals surface area contributed by atoms with Crippen LogP contribution >= 0.6 is 0 Å². The first-order valence-electron chi connectivity index (χ1n) is 14.2. The predicted molar refractivity (Wildman–Crippen MR) is 161 cm³/mol. The minimum absolute atomic E-state index is 0.0733. The highest BCUT2D eigenvalue weighted by atomic mass is 16.6. The van der Waals surface area contributed by atoms with E-state index in [0.717, 1.165) is 22.0 Å². The topological polar surface area (TPSA) is 128 Å². The van der Waals surface area contributed by atoms with Gasteiger partial charge in [0.1, 0.15) is 5.69 Å². The molecule has 2 heterocycles. The van der Waals surface area contributed by atoms with Crippen LogP contribution in [-0.2, 0) is 21.4 Å². The summed E-state index contributed by atoms with van der Waals surface area (Å²) in [6.45, 7) is 9.12. The predicted octanol–water partition coefficient (Wildman–Crippen LogP) is 3.14. The van der Waals surface area contributed by atoms with Crippen molar-refractivity contribution in [3.8, 4) is 11.5 Å². The van der Waals surface area contributed by atoms with Gasteiger partial charge in [0, 0.05) is 30.6 Å². The van der Waals surface area contributed by atoms with Crippen LogP contribution in [0.3, 0.4) is 0 Å². The monoisotopic (exact) mass is 592 g/mol. The number of hydrogen-bond acceptors (Lipinski definition) is 7. The highest BCUT2D eigenvalue weighted by Gasteiger charge is 2.34. The Balaban J connectivity index is 1.80. The lowest BCUT2D eigenvalue weighted by molar-refractivity contribution is -0.150. The van der Waals surface area contributed by atoms with Crippen LogP contribution in [0.25, 0.3) is 10.9 Å². The Kier molecular flexibility index (Phi) is 9.32. The highest BCUT2D eigenvalue weighted by Crippen LogP contribution is 2.31. The largest absolute Gasteiger partial charge is 0.493 e. The maximum Gasteiger partial charge on any atom is 0.349 e. The fraction of sp³-hybridized carbons (Fsp3) is 0.438. The standard InChI is InChI=1S/C32H40N4O7/c1-17(2)23-15-36(31(39)28-19(4)22-11-9-10-18(3)27(22)35(28)6)16-26(37)33-20(5)29(32(40)42-8)43-25-14-21(30(38)34-23)12-13-24(25)41-7/h9-14,17,20,23,29H,15-16H2,1-8H3,(H,33,37)(H,34,38)/t20-,23+,29+/m0/s1. The summed E-state index contributed by atoms with van der Waals surface area (Å²) in [7, 11) is 4.49. The summed E-state index contributed by atoms with van der Waals surface area (Å²) >= 11 is 0. The van der Waals surface area contributed by atoms with Gasteiger partial charge in [-0.1, -0.05) is 32.0 Å². The van der Waals surface area contributed by atoms with Crippen LogP contribution in [0.4, 0.5) is 0 Å². The summed E-state index contributed by atoms with van der Waals surface area (Å²) in [4.78, 5) is 55.4. The number of fused-ring (bicyclic) bond motifs is 3. The van der Waals surface area contributed by atoms with Gasteiger partial charge < -0.3 is 34.3 Å². The molecule has 11 heteroatoms. The van der Waals surface area contributed by atoms with Crippen LogP contribution in [0.15, 0.2) is 36.4 Å². The van der Waals surface area contributed by atoms with Gasteiger partial charge in [0.2, 0.25) is 12.0 Å². The molecule has 3 atom stereocenters. The van der Waals surface area contributed by atoms with Gasteiger partial charge in [-0.05, 0) is 56.0 Å². The van der Waals surface area contributed by atoms with Gasteiger partial charge in [-0.15, -0.1) is 0 Å². The summed E-state index contributed by atoms with van der Waals surface area (Å²) in [6, 6.07) is 9.20. The Morgan fingerprint density at radius 3 is 2.42 bits per heavy atom. The number of benzene rings is 2. The zero-order valence-corrected chi connectivity index (χ0v) is 25.9. The van der Waals surface area contributed by atoms with Crippen LogP contribution < -0.4 is 20.1 Å². The molecule has 2 N–H and O–H groups in total.